The van der Waals surface area contributed by atoms with Crippen molar-refractivity contribution in [2.75, 3.05) is 11.9 Å². The minimum atomic E-state index is -5.08. The Labute approximate surface area is 228 Å². The average Bonchev–Trinajstić information content (AvgIpc) is 3.53. The lowest BCUT2D eigenvalue weighted by Crippen LogP contribution is -2.61. The maximum Gasteiger partial charge on any atom is 0.490 e. The van der Waals surface area contributed by atoms with Gasteiger partial charge >= 0.3 is 12.1 Å². The largest absolute Gasteiger partial charge is 0.490 e. The highest BCUT2D eigenvalue weighted by Crippen LogP contribution is 2.37. The van der Waals surface area contributed by atoms with Crippen LogP contribution in [0.3, 0.4) is 0 Å². The Balaban J connectivity index is 0.000000448. The molecule has 3 N–H and O–H groups in total. The van der Waals surface area contributed by atoms with E-state index >= 15 is 0 Å². The van der Waals surface area contributed by atoms with E-state index in [0.717, 1.165) is 33.2 Å². The van der Waals surface area contributed by atoms with E-state index in [0.29, 0.717) is 16.9 Å². The molecule has 39 heavy (non-hydrogen) atoms. The quantitative estimate of drug-likeness (QED) is 0.324. The second-order valence-corrected chi connectivity index (χ2v) is 12.4. The first-order chi connectivity index (χ1) is 18.0. The van der Waals surface area contributed by atoms with Crippen molar-refractivity contribution in [1.82, 2.24) is 35.0 Å². The summed E-state index contributed by atoms with van der Waals surface area (Å²) in [6, 6.07) is 1.89. The Bertz CT molecular complexity index is 1480. The zero-order chi connectivity index (χ0) is 28.8. The summed E-state index contributed by atoms with van der Waals surface area (Å²) in [5, 5.41) is 19.0. The SMILES string of the molecule is CN(c1nc2sc(-n3cnc(-c4cn[nH]c4)cc3=O)nc2s1)C1CC(C)(C)NC(C)(C)C1.O=C(O)C(F)(F)F. The van der Waals surface area contributed by atoms with Crippen molar-refractivity contribution in [2.24, 2.45) is 0 Å². The molecule has 0 saturated carbocycles. The minimum absolute atomic E-state index is 0.0670. The Morgan fingerprint density at radius 3 is 2.28 bits per heavy atom. The molecule has 0 spiro atoms. The molecule has 11 nitrogen and oxygen atoms in total. The van der Waals surface area contributed by atoms with Gasteiger partial charge in [-0.25, -0.2) is 24.3 Å². The number of thiazole rings is 2. The van der Waals surface area contributed by atoms with Crippen LogP contribution in [-0.2, 0) is 4.79 Å². The number of H-pyrrole nitrogens is 1. The monoisotopic (exact) mass is 584 g/mol. The number of anilines is 1. The van der Waals surface area contributed by atoms with Crippen molar-refractivity contribution in [1.29, 1.82) is 0 Å². The number of carboxylic acid groups (broad SMARTS) is 1. The highest BCUT2D eigenvalue weighted by molar-refractivity contribution is 7.29. The van der Waals surface area contributed by atoms with E-state index in [-0.39, 0.29) is 16.6 Å². The number of fused-ring (bicyclic) bond motifs is 1. The minimum Gasteiger partial charge on any atom is -0.475 e. The fourth-order valence-corrected chi connectivity index (χ4v) is 6.71. The van der Waals surface area contributed by atoms with E-state index in [1.165, 1.54) is 28.3 Å². The molecule has 0 bridgehead atoms. The summed E-state index contributed by atoms with van der Waals surface area (Å²) in [7, 11) is 2.12. The van der Waals surface area contributed by atoms with Crippen LogP contribution in [0.4, 0.5) is 18.3 Å². The number of carbonyl (C=O) groups is 1. The van der Waals surface area contributed by atoms with Crippen molar-refractivity contribution in [3.8, 4) is 16.4 Å². The fraction of sp³-hybridized carbons (Fsp3) is 0.478. The molecule has 1 fully saturated rings. The molecule has 0 amide bonds. The smallest absolute Gasteiger partial charge is 0.475 e. The molecule has 0 unspecified atom stereocenters. The molecule has 16 heteroatoms. The lowest BCUT2D eigenvalue weighted by molar-refractivity contribution is -0.192. The lowest BCUT2D eigenvalue weighted by Gasteiger charge is -2.48. The summed E-state index contributed by atoms with van der Waals surface area (Å²) >= 11 is 2.97. The van der Waals surface area contributed by atoms with Crippen molar-refractivity contribution in [2.45, 2.75) is 63.8 Å². The van der Waals surface area contributed by atoms with Gasteiger partial charge in [0, 0.05) is 42.0 Å². The molecule has 4 aromatic rings. The van der Waals surface area contributed by atoms with Crippen LogP contribution in [0, 0.1) is 0 Å². The second kappa shape index (κ2) is 10.3. The standard InChI is InChI=1S/C21H26N8OS2.C2HF3O2/c1-20(2)7-13(8-21(3,4)27-20)28(5)18-25-16-17(31-18)26-19(32-16)29-11-22-14(6-15(29)30)12-9-23-24-10-12;3-2(4,5)1(6)7/h6,9-11,13,27H,7-8H2,1-5H3,(H,23,24);(H,6,7). The first kappa shape index (κ1) is 28.6. The van der Waals surface area contributed by atoms with Crippen LogP contribution in [0.2, 0.25) is 0 Å². The van der Waals surface area contributed by atoms with Crippen molar-refractivity contribution in [3.63, 3.8) is 0 Å². The number of carboxylic acids is 1. The van der Waals surface area contributed by atoms with Crippen LogP contribution in [0.1, 0.15) is 40.5 Å². The lowest BCUT2D eigenvalue weighted by atomic mass is 9.79. The van der Waals surface area contributed by atoms with Crippen molar-refractivity contribution < 1.29 is 23.1 Å². The predicted molar refractivity (Wildman–Crippen MR) is 143 cm³/mol. The van der Waals surface area contributed by atoms with Crippen molar-refractivity contribution in [3.05, 3.63) is 35.1 Å². The van der Waals surface area contributed by atoms with Gasteiger partial charge in [0.25, 0.3) is 5.56 Å². The molecular weight excluding hydrogens is 557 g/mol. The van der Waals surface area contributed by atoms with E-state index in [9.17, 15) is 18.0 Å². The van der Waals surface area contributed by atoms with Gasteiger partial charge in [0.05, 0.1) is 11.9 Å². The number of aliphatic carboxylic acids is 1. The van der Waals surface area contributed by atoms with Gasteiger partial charge in [-0.1, -0.05) is 22.7 Å². The molecule has 1 saturated heterocycles. The Morgan fingerprint density at radius 1 is 1.15 bits per heavy atom. The third-order valence-electron chi connectivity index (χ3n) is 6.02. The topological polar surface area (TPSA) is 142 Å². The molecule has 1 aliphatic heterocycles. The molecule has 0 aliphatic carbocycles. The normalized spacial score (nSPS) is 17.0. The molecule has 1 aliphatic rings. The van der Waals surface area contributed by atoms with Gasteiger partial charge in [-0.3, -0.25) is 9.89 Å². The number of nitrogens with zero attached hydrogens (tertiary/aromatic N) is 6. The van der Waals surface area contributed by atoms with Gasteiger partial charge in [0.2, 0.25) is 5.13 Å². The molecule has 5 rings (SSSR count). The molecule has 0 aromatic carbocycles. The number of hydrogen-bond acceptors (Lipinski definition) is 10. The number of rotatable bonds is 4. The third-order valence-corrected chi connectivity index (χ3v) is 8.14. The van der Waals surface area contributed by atoms with E-state index < -0.39 is 12.1 Å². The maximum atomic E-state index is 12.7. The van der Waals surface area contributed by atoms with Gasteiger partial charge in [-0.2, -0.15) is 18.3 Å². The summed E-state index contributed by atoms with van der Waals surface area (Å²) in [4.78, 5) is 39.4. The number of piperidine rings is 1. The van der Waals surface area contributed by atoms with E-state index in [1.807, 2.05) is 0 Å². The number of aromatic nitrogens is 6. The third kappa shape index (κ3) is 6.62. The van der Waals surface area contributed by atoms with Crippen LogP contribution < -0.4 is 15.8 Å². The Morgan fingerprint density at radius 2 is 1.77 bits per heavy atom. The van der Waals surface area contributed by atoms with Crippen LogP contribution in [0.5, 0.6) is 0 Å². The summed E-state index contributed by atoms with van der Waals surface area (Å²) in [5.41, 5.74) is 1.30. The van der Waals surface area contributed by atoms with Crippen LogP contribution in [0.15, 0.2) is 29.6 Å². The Kier molecular flexibility index (Phi) is 7.57. The number of aromatic amines is 1. The average molecular weight is 585 g/mol. The van der Waals surface area contributed by atoms with Gasteiger partial charge in [-0.05, 0) is 40.5 Å². The number of hydrogen-bond donors (Lipinski definition) is 3. The summed E-state index contributed by atoms with van der Waals surface area (Å²) < 4.78 is 33.2. The first-order valence-electron chi connectivity index (χ1n) is 11.7. The van der Waals surface area contributed by atoms with Gasteiger partial charge in [-0.15, -0.1) is 0 Å². The van der Waals surface area contributed by atoms with E-state index in [1.54, 1.807) is 23.7 Å². The molecule has 0 atom stereocenters. The van der Waals surface area contributed by atoms with E-state index in [4.69, 9.17) is 14.9 Å². The van der Waals surface area contributed by atoms with Crippen molar-refractivity contribution >= 4 is 43.4 Å². The number of halogens is 3. The zero-order valence-corrected chi connectivity index (χ0v) is 23.3. The number of nitrogens with one attached hydrogen (secondary N) is 2. The molecular formula is C23H27F3N8O3S2. The maximum absolute atomic E-state index is 12.7. The van der Waals surface area contributed by atoms with Gasteiger partial charge < -0.3 is 15.3 Å². The second-order valence-electron chi connectivity index (χ2n) is 10.4. The molecule has 5 heterocycles. The summed E-state index contributed by atoms with van der Waals surface area (Å²) in [6.07, 6.45) is 1.86. The fourth-order valence-electron chi connectivity index (χ4n) is 4.67. The highest BCUT2D eigenvalue weighted by atomic mass is 32.1. The van der Waals surface area contributed by atoms with E-state index in [2.05, 4.69) is 65.1 Å². The van der Waals surface area contributed by atoms with Gasteiger partial charge in [0.15, 0.2) is 14.8 Å². The number of alkyl halides is 3. The Hall–Kier alpha value is -3.37. The zero-order valence-electron chi connectivity index (χ0n) is 21.7. The summed E-state index contributed by atoms with van der Waals surface area (Å²) in [6.45, 7) is 9.03. The summed E-state index contributed by atoms with van der Waals surface area (Å²) in [5.74, 6) is -2.76. The van der Waals surface area contributed by atoms with Crippen LogP contribution >= 0.6 is 22.7 Å². The molecule has 210 valence electrons. The first-order valence-corrected chi connectivity index (χ1v) is 13.4. The molecule has 0 radical (unpaired) electrons. The predicted octanol–water partition coefficient (Wildman–Crippen LogP) is 4.07. The highest BCUT2D eigenvalue weighted by Gasteiger charge is 2.40. The molecule has 4 aromatic heterocycles. The van der Waals surface area contributed by atoms with Crippen LogP contribution in [-0.4, -0.2) is 71.1 Å². The van der Waals surface area contributed by atoms with Gasteiger partial charge in [0.1, 0.15) is 6.33 Å². The van der Waals surface area contributed by atoms with Crippen LogP contribution in [0.25, 0.3) is 26.0 Å².